The van der Waals surface area contributed by atoms with Gasteiger partial charge in [0.2, 0.25) is 0 Å². The highest BCUT2D eigenvalue weighted by Crippen LogP contribution is 2.18. The first-order chi connectivity index (χ1) is 5.22. The summed E-state index contributed by atoms with van der Waals surface area (Å²) in [5.74, 6) is 0. The second kappa shape index (κ2) is 3.90. The van der Waals surface area contributed by atoms with E-state index in [1.807, 2.05) is 0 Å². The van der Waals surface area contributed by atoms with Gasteiger partial charge in [0.05, 0.1) is 6.54 Å². The van der Waals surface area contributed by atoms with E-state index in [4.69, 9.17) is 23.2 Å². The quantitative estimate of drug-likeness (QED) is 0.713. The summed E-state index contributed by atoms with van der Waals surface area (Å²) in [4.78, 5) is 0. The molecule has 0 atom stereocenters. The molecule has 1 aromatic rings. The van der Waals surface area contributed by atoms with Gasteiger partial charge in [-0.15, -0.1) is 4.48 Å². The van der Waals surface area contributed by atoms with Crippen LogP contribution >= 0.6 is 23.2 Å². The van der Waals surface area contributed by atoms with Gasteiger partial charge in [-0.1, -0.05) is 23.2 Å². The van der Waals surface area contributed by atoms with Gasteiger partial charge in [0.1, 0.15) is 0 Å². The molecule has 0 aromatic heterocycles. The minimum absolute atomic E-state index is 0.125. The molecular formula is C7H6Cl2FN. The zero-order valence-corrected chi connectivity index (χ0v) is 7.08. The van der Waals surface area contributed by atoms with Crippen LogP contribution in [0.25, 0.3) is 0 Å². The van der Waals surface area contributed by atoms with Crippen LogP contribution < -0.4 is 5.54 Å². The molecule has 0 aliphatic heterocycles. The Morgan fingerprint density at radius 3 is 2.18 bits per heavy atom. The van der Waals surface area contributed by atoms with Gasteiger partial charge < -0.3 is 0 Å². The van der Waals surface area contributed by atoms with Gasteiger partial charge in [-0.25, -0.2) is 0 Å². The molecule has 60 valence electrons. The van der Waals surface area contributed by atoms with E-state index >= 15 is 0 Å². The first-order valence-corrected chi connectivity index (χ1v) is 3.76. The maximum absolute atomic E-state index is 11.6. The second-order valence-corrected chi connectivity index (χ2v) is 2.96. The molecule has 0 amide bonds. The molecule has 4 heteroatoms. The van der Waals surface area contributed by atoms with Crippen molar-refractivity contribution in [1.82, 2.24) is 5.54 Å². The Kier molecular flexibility index (Phi) is 3.12. The van der Waals surface area contributed by atoms with Gasteiger partial charge >= 0.3 is 0 Å². The molecule has 0 spiro atoms. The highest BCUT2D eigenvalue weighted by Gasteiger charge is 1.96. The Bertz CT molecular complexity index is 232. The summed E-state index contributed by atoms with van der Waals surface area (Å²) in [6.07, 6.45) is 0. The largest absolute Gasteiger partial charge is 0.155 e. The fourth-order valence-corrected chi connectivity index (χ4v) is 1.36. The molecule has 11 heavy (non-hydrogen) atoms. The van der Waals surface area contributed by atoms with Gasteiger partial charge in [-0.3, -0.25) is 0 Å². The third kappa shape index (κ3) is 2.66. The maximum atomic E-state index is 11.6. The van der Waals surface area contributed by atoms with Gasteiger partial charge in [-0.2, -0.15) is 5.54 Å². The SMILES string of the molecule is FNCc1cc(Cl)cc(Cl)c1. The zero-order valence-electron chi connectivity index (χ0n) is 5.57. The van der Waals surface area contributed by atoms with Crippen LogP contribution in [0.4, 0.5) is 4.48 Å². The first-order valence-electron chi connectivity index (χ1n) is 3.01. The smallest absolute Gasteiger partial charge is 0.0511 e. The molecule has 0 aliphatic rings. The average molecular weight is 194 g/mol. The molecule has 0 bridgehead atoms. The molecule has 0 fully saturated rings. The van der Waals surface area contributed by atoms with E-state index in [0.29, 0.717) is 10.0 Å². The van der Waals surface area contributed by atoms with E-state index in [1.165, 1.54) is 5.54 Å². The summed E-state index contributed by atoms with van der Waals surface area (Å²) >= 11 is 11.3. The number of hydrogen-bond donors (Lipinski definition) is 1. The Hall–Kier alpha value is -0.310. The van der Waals surface area contributed by atoms with Crippen molar-refractivity contribution in [3.63, 3.8) is 0 Å². The van der Waals surface area contributed by atoms with Crippen LogP contribution in [0.5, 0.6) is 0 Å². The molecule has 0 unspecified atom stereocenters. The number of rotatable bonds is 2. The van der Waals surface area contributed by atoms with Crippen LogP contribution in [-0.2, 0) is 6.54 Å². The van der Waals surface area contributed by atoms with Crippen molar-refractivity contribution in [2.24, 2.45) is 0 Å². The summed E-state index contributed by atoms with van der Waals surface area (Å²) in [7, 11) is 0. The Labute approximate surface area is 74.1 Å². The van der Waals surface area contributed by atoms with Crippen molar-refractivity contribution in [3.05, 3.63) is 33.8 Å². The van der Waals surface area contributed by atoms with E-state index in [2.05, 4.69) is 0 Å². The van der Waals surface area contributed by atoms with Crippen molar-refractivity contribution in [3.8, 4) is 0 Å². The second-order valence-electron chi connectivity index (χ2n) is 2.09. The average Bonchev–Trinajstić information content (AvgIpc) is 1.85. The van der Waals surface area contributed by atoms with Crippen molar-refractivity contribution >= 4 is 23.2 Å². The lowest BCUT2D eigenvalue weighted by Crippen LogP contribution is -1.99. The van der Waals surface area contributed by atoms with Crippen LogP contribution in [0.15, 0.2) is 18.2 Å². The number of nitrogens with one attached hydrogen (secondary N) is 1. The minimum atomic E-state index is 0.125. The van der Waals surface area contributed by atoms with E-state index in [-0.39, 0.29) is 6.54 Å². The summed E-state index contributed by atoms with van der Waals surface area (Å²) in [6.45, 7) is 0.125. The monoisotopic (exact) mass is 193 g/mol. The Morgan fingerprint density at radius 2 is 1.73 bits per heavy atom. The van der Waals surface area contributed by atoms with Crippen molar-refractivity contribution < 1.29 is 4.48 Å². The van der Waals surface area contributed by atoms with Gasteiger partial charge in [0.25, 0.3) is 0 Å². The fraction of sp³-hybridized carbons (Fsp3) is 0.143. The first kappa shape index (κ1) is 8.78. The summed E-state index contributed by atoms with van der Waals surface area (Å²) in [5.41, 5.74) is 2.25. The molecule has 1 N–H and O–H groups in total. The molecule has 0 saturated carbocycles. The normalized spacial score (nSPS) is 10.1. The molecule has 1 nitrogen and oxygen atoms in total. The van der Waals surface area contributed by atoms with Gasteiger partial charge in [0.15, 0.2) is 0 Å². The third-order valence-corrected chi connectivity index (χ3v) is 1.63. The standard InChI is InChI=1S/C7H6Cl2FN/c8-6-1-5(4-11-10)2-7(9)3-6/h1-3,11H,4H2. The third-order valence-electron chi connectivity index (χ3n) is 1.19. The molecule has 0 aliphatic carbocycles. The van der Waals surface area contributed by atoms with E-state index in [9.17, 15) is 4.48 Å². The van der Waals surface area contributed by atoms with Gasteiger partial charge in [0, 0.05) is 10.0 Å². The minimum Gasteiger partial charge on any atom is -0.155 e. The lowest BCUT2D eigenvalue weighted by molar-refractivity contribution is 0.330. The summed E-state index contributed by atoms with van der Waals surface area (Å²) in [5, 5.41) is 1.03. The molecule has 1 rings (SSSR count). The summed E-state index contributed by atoms with van der Waals surface area (Å²) in [6, 6.07) is 4.91. The molecule has 0 saturated heterocycles. The number of hydrogen-bond acceptors (Lipinski definition) is 1. The highest BCUT2D eigenvalue weighted by atomic mass is 35.5. The predicted octanol–water partition coefficient (Wildman–Crippen LogP) is 2.97. The Morgan fingerprint density at radius 1 is 1.18 bits per heavy atom. The van der Waals surface area contributed by atoms with E-state index in [0.717, 1.165) is 5.56 Å². The maximum Gasteiger partial charge on any atom is 0.0511 e. The predicted molar refractivity (Wildman–Crippen MR) is 44.4 cm³/mol. The van der Waals surface area contributed by atoms with E-state index in [1.54, 1.807) is 18.2 Å². The van der Waals surface area contributed by atoms with Crippen molar-refractivity contribution in [2.75, 3.05) is 0 Å². The molecule has 0 heterocycles. The van der Waals surface area contributed by atoms with Crippen LogP contribution in [0.1, 0.15) is 5.56 Å². The van der Waals surface area contributed by atoms with Crippen LogP contribution in [0.3, 0.4) is 0 Å². The lowest BCUT2D eigenvalue weighted by Gasteiger charge is -1.99. The van der Waals surface area contributed by atoms with Crippen LogP contribution in [0.2, 0.25) is 10.0 Å². The van der Waals surface area contributed by atoms with E-state index < -0.39 is 0 Å². The van der Waals surface area contributed by atoms with Gasteiger partial charge in [-0.05, 0) is 23.8 Å². The molecule has 0 radical (unpaired) electrons. The Balaban J connectivity index is 2.89. The molecular weight excluding hydrogens is 188 g/mol. The fourth-order valence-electron chi connectivity index (χ4n) is 0.790. The number of halogens is 3. The highest BCUT2D eigenvalue weighted by molar-refractivity contribution is 6.34. The topological polar surface area (TPSA) is 12.0 Å². The van der Waals surface area contributed by atoms with Crippen molar-refractivity contribution in [2.45, 2.75) is 6.54 Å². The van der Waals surface area contributed by atoms with Crippen LogP contribution in [-0.4, -0.2) is 0 Å². The molecule has 1 aromatic carbocycles. The lowest BCUT2D eigenvalue weighted by atomic mass is 10.2. The van der Waals surface area contributed by atoms with Crippen molar-refractivity contribution in [1.29, 1.82) is 0 Å². The summed E-state index contributed by atoms with van der Waals surface area (Å²) < 4.78 is 11.6. The van der Waals surface area contributed by atoms with Crippen LogP contribution in [0, 0.1) is 0 Å². The zero-order chi connectivity index (χ0) is 8.27. The number of benzene rings is 1.